The summed E-state index contributed by atoms with van der Waals surface area (Å²) in [6.45, 7) is 2.44. The summed E-state index contributed by atoms with van der Waals surface area (Å²) in [6, 6.07) is 6.32. The van der Waals surface area contributed by atoms with E-state index in [1.54, 1.807) is 18.2 Å². The lowest BCUT2D eigenvalue weighted by atomic mass is 10.2. The highest BCUT2D eigenvalue weighted by atomic mass is 32.2. The van der Waals surface area contributed by atoms with E-state index in [1.807, 2.05) is 6.92 Å². The van der Waals surface area contributed by atoms with Crippen LogP contribution in [0.3, 0.4) is 0 Å². The molecule has 5 nitrogen and oxygen atoms in total. The van der Waals surface area contributed by atoms with Gasteiger partial charge in [-0.25, -0.2) is 9.37 Å². The van der Waals surface area contributed by atoms with Crippen molar-refractivity contribution < 1.29 is 9.18 Å². The third kappa shape index (κ3) is 3.54. The Morgan fingerprint density at radius 3 is 3.00 bits per heavy atom. The average Bonchev–Trinajstić information content (AvgIpc) is 2.86. The van der Waals surface area contributed by atoms with Crippen molar-refractivity contribution in [3.8, 4) is 11.4 Å². The van der Waals surface area contributed by atoms with E-state index in [0.29, 0.717) is 23.1 Å². The number of halogens is 1. The number of aromatic amines is 1. The highest BCUT2D eigenvalue weighted by molar-refractivity contribution is 7.99. The largest absolute Gasteiger partial charge is 0.356 e. The van der Waals surface area contributed by atoms with Crippen LogP contribution in [0.4, 0.5) is 4.39 Å². The predicted molar refractivity (Wildman–Crippen MR) is 71.2 cm³/mol. The molecule has 1 aromatic carbocycles. The van der Waals surface area contributed by atoms with Gasteiger partial charge in [0.15, 0.2) is 5.82 Å². The Balaban J connectivity index is 2.04. The number of aromatic nitrogens is 3. The fraction of sp³-hybridized carbons (Fsp3) is 0.250. The lowest BCUT2D eigenvalue weighted by molar-refractivity contribution is -0.118. The summed E-state index contributed by atoms with van der Waals surface area (Å²) < 4.78 is 13.5. The van der Waals surface area contributed by atoms with E-state index in [-0.39, 0.29) is 17.5 Å². The van der Waals surface area contributed by atoms with Gasteiger partial charge in [0.1, 0.15) is 5.82 Å². The quantitative estimate of drug-likeness (QED) is 0.820. The van der Waals surface area contributed by atoms with Gasteiger partial charge < -0.3 is 5.32 Å². The first-order valence-electron chi connectivity index (χ1n) is 5.77. The van der Waals surface area contributed by atoms with E-state index in [1.165, 1.54) is 17.8 Å². The van der Waals surface area contributed by atoms with E-state index in [0.717, 1.165) is 0 Å². The molecule has 7 heteroatoms. The molecule has 19 heavy (non-hydrogen) atoms. The molecule has 1 aromatic heterocycles. The van der Waals surface area contributed by atoms with Crippen LogP contribution < -0.4 is 5.32 Å². The van der Waals surface area contributed by atoms with Gasteiger partial charge in [-0.2, -0.15) is 0 Å². The number of carbonyl (C=O) groups is 1. The fourth-order valence-corrected chi connectivity index (χ4v) is 2.09. The number of rotatable bonds is 5. The van der Waals surface area contributed by atoms with E-state index in [4.69, 9.17) is 0 Å². The lowest BCUT2D eigenvalue weighted by Crippen LogP contribution is -2.24. The molecular formula is C12H13FN4OS. The van der Waals surface area contributed by atoms with Crippen LogP contribution in [0, 0.1) is 5.82 Å². The molecule has 0 saturated heterocycles. The van der Waals surface area contributed by atoms with Crippen molar-refractivity contribution in [2.75, 3.05) is 12.3 Å². The molecule has 0 bridgehead atoms. The van der Waals surface area contributed by atoms with E-state index >= 15 is 0 Å². The summed E-state index contributed by atoms with van der Waals surface area (Å²) in [5.74, 6) is 0.155. The molecule has 1 amide bonds. The second-order valence-corrected chi connectivity index (χ2v) is 4.63. The van der Waals surface area contributed by atoms with Gasteiger partial charge in [-0.3, -0.25) is 9.89 Å². The third-order valence-corrected chi connectivity index (χ3v) is 3.15. The zero-order valence-corrected chi connectivity index (χ0v) is 11.1. The molecule has 1 heterocycles. The van der Waals surface area contributed by atoms with Gasteiger partial charge in [-0.15, -0.1) is 5.10 Å². The average molecular weight is 280 g/mol. The Labute approximate surface area is 114 Å². The Morgan fingerprint density at radius 1 is 1.47 bits per heavy atom. The summed E-state index contributed by atoms with van der Waals surface area (Å²) in [4.78, 5) is 15.4. The maximum atomic E-state index is 13.5. The minimum absolute atomic E-state index is 0.0789. The van der Waals surface area contributed by atoms with E-state index in [2.05, 4.69) is 20.5 Å². The lowest BCUT2D eigenvalue weighted by Gasteiger charge is -1.98. The van der Waals surface area contributed by atoms with Crippen molar-refractivity contribution in [3.63, 3.8) is 0 Å². The monoisotopic (exact) mass is 280 g/mol. The van der Waals surface area contributed by atoms with E-state index < -0.39 is 0 Å². The highest BCUT2D eigenvalue weighted by Gasteiger charge is 2.11. The van der Waals surface area contributed by atoms with Crippen molar-refractivity contribution in [2.45, 2.75) is 12.1 Å². The smallest absolute Gasteiger partial charge is 0.230 e. The van der Waals surface area contributed by atoms with Crippen molar-refractivity contribution in [1.82, 2.24) is 20.5 Å². The second kappa shape index (κ2) is 6.33. The molecule has 0 fully saturated rings. The minimum Gasteiger partial charge on any atom is -0.356 e. The molecule has 0 unspecified atom stereocenters. The molecule has 0 atom stereocenters. The number of thioether (sulfide) groups is 1. The molecule has 2 aromatic rings. The Morgan fingerprint density at radius 2 is 2.26 bits per heavy atom. The van der Waals surface area contributed by atoms with Crippen molar-refractivity contribution >= 4 is 17.7 Å². The number of hydrogen-bond donors (Lipinski definition) is 2. The van der Waals surface area contributed by atoms with Crippen LogP contribution in [0.2, 0.25) is 0 Å². The topological polar surface area (TPSA) is 70.7 Å². The molecule has 0 spiro atoms. The molecule has 2 rings (SSSR count). The van der Waals surface area contributed by atoms with Crippen LogP contribution in [-0.2, 0) is 4.79 Å². The first-order valence-corrected chi connectivity index (χ1v) is 6.76. The first-order chi connectivity index (χ1) is 9.20. The van der Waals surface area contributed by atoms with Gasteiger partial charge in [0.25, 0.3) is 0 Å². The number of nitrogens with zero attached hydrogens (tertiary/aromatic N) is 2. The van der Waals surface area contributed by atoms with Crippen LogP contribution >= 0.6 is 11.8 Å². The highest BCUT2D eigenvalue weighted by Crippen LogP contribution is 2.21. The number of amides is 1. The summed E-state index contributed by atoms with van der Waals surface area (Å²) in [6.07, 6.45) is 0. The zero-order valence-electron chi connectivity index (χ0n) is 10.3. The predicted octanol–water partition coefficient (Wildman–Crippen LogP) is 1.84. The zero-order chi connectivity index (χ0) is 13.7. The van der Waals surface area contributed by atoms with Gasteiger partial charge in [-0.05, 0) is 19.1 Å². The third-order valence-electron chi connectivity index (χ3n) is 2.30. The van der Waals surface area contributed by atoms with Crippen LogP contribution in [0.1, 0.15) is 6.92 Å². The van der Waals surface area contributed by atoms with Gasteiger partial charge >= 0.3 is 0 Å². The number of nitrogens with one attached hydrogen (secondary N) is 2. The molecule has 2 N–H and O–H groups in total. The van der Waals surface area contributed by atoms with Crippen LogP contribution in [0.15, 0.2) is 29.4 Å². The standard InChI is InChI=1S/C12H13FN4OS/c1-2-14-10(18)7-19-12-15-11(16-17-12)8-5-3-4-6-9(8)13/h3-6H,2,7H2,1H3,(H,14,18)(H,15,16,17). The fourth-order valence-electron chi connectivity index (χ4n) is 1.46. The Kier molecular flexibility index (Phi) is 4.51. The first kappa shape index (κ1) is 13.5. The van der Waals surface area contributed by atoms with Gasteiger partial charge in [0, 0.05) is 6.54 Å². The van der Waals surface area contributed by atoms with Crippen molar-refractivity contribution in [1.29, 1.82) is 0 Å². The Hall–Kier alpha value is -1.89. The minimum atomic E-state index is -0.362. The normalized spacial score (nSPS) is 10.4. The van der Waals surface area contributed by atoms with Crippen LogP contribution in [0.25, 0.3) is 11.4 Å². The summed E-state index contributed by atoms with van der Waals surface area (Å²) in [5.41, 5.74) is 0.361. The van der Waals surface area contributed by atoms with Crippen LogP contribution in [0.5, 0.6) is 0 Å². The second-order valence-electron chi connectivity index (χ2n) is 3.69. The van der Waals surface area contributed by atoms with Gasteiger partial charge in [0.05, 0.1) is 11.3 Å². The molecule has 0 aliphatic heterocycles. The number of carbonyl (C=O) groups excluding carboxylic acids is 1. The Bertz CT molecular complexity index is 572. The number of benzene rings is 1. The number of hydrogen-bond acceptors (Lipinski definition) is 4. The number of H-pyrrole nitrogens is 1. The maximum absolute atomic E-state index is 13.5. The van der Waals surface area contributed by atoms with E-state index in [9.17, 15) is 9.18 Å². The van der Waals surface area contributed by atoms with Gasteiger partial charge in [-0.1, -0.05) is 23.9 Å². The summed E-state index contributed by atoms with van der Waals surface area (Å²) in [7, 11) is 0. The van der Waals surface area contributed by atoms with Gasteiger partial charge in [0.2, 0.25) is 11.1 Å². The molecule has 0 aliphatic carbocycles. The SMILES string of the molecule is CCNC(=O)CSc1n[nH]c(-c2ccccc2F)n1. The summed E-state index contributed by atoms with van der Waals surface area (Å²) in [5, 5.41) is 9.71. The van der Waals surface area contributed by atoms with Crippen molar-refractivity contribution in [2.24, 2.45) is 0 Å². The summed E-state index contributed by atoms with van der Waals surface area (Å²) >= 11 is 1.20. The molecular weight excluding hydrogens is 267 g/mol. The molecule has 0 radical (unpaired) electrons. The maximum Gasteiger partial charge on any atom is 0.230 e. The molecule has 0 aliphatic rings. The van der Waals surface area contributed by atoms with Crippen LogP contribution in [-0.4, -0.2) is 33.4 Å². The van der Waals surface area contributed by atoms with Crippen molar-refractivity contribution in [3.05, 3.63) is 30.1 Å². The molecule has 100 valence electrons. The molecule has 0 saturated carbocycles.